The maximum Gasteiger partial charge on any atom is 0.330 e. The van der Waals surface area contributed by atoms with E-state index in [1.807, 2.05) is 0 Å². The Labute approximate surface area is 178 Å². The monoisotopic (exact) mass is 440 g/mol. The number of nitrogens with one attached hydrogen (secondary N) is 2. The minimum atomic E-state index is -0.867. The van der Waals surface area contributed by atoms with E-state index in [-0.39, 0.29) is 37.5 Å². The van der Waals surface area contributed by atoms with Gasteiger partial charge in [0, 0.05) is 39.4 Å². The molecule has 0 aromatic carbocycles. The molecule has 1 aromatic heterocycles. The number of aromatic amines is 1. The Morgan fingerprint density at radius 3 is 2.65 bits per heavy atom. The van der Waals surface area contributed by atoms with Crippen molar-refractivity contribution in [3.05, 3.63) is 32.6 Å². The summed E-state index contributed by atoms with van der Waals surface area (Å²) in [6.07, 6.45) is 0.656. The first-order valence-electron chi connectivity index (χ1n) is 9.98. The Hall–Kier alpha value is -2.99. The van der Waals surface area contributed by atoms with Crippen LogP contribution in [0, 0.1) is 0 Å². The molecule has 172 valence electrons. The van der Waals surface area contributed by atoms with Gasteiger partial charge in [0.15, 0.2) is 0 Å². The molecule has 0 saturated carbocycles. The summed E-state index contributed by atoms with van der Waals surface area (Å²) in [5.74, 6) is -1.31. The van der Waals surface area contributed by atoms with Crippen molar-refractivity contribution in [1.82, 2.24) is 14.9 Å². The van der Waals surface area contributed by atoms with Crippen LogP contribution in [0.15, 0.2) is 15.8 Å². The Morgan fingerprint density at radius 2 is 2.00 bits per heavy atom. The molecule has 0 bridgehead atoms. The fraction of sp³-hybridized carbons (Fsp3) is 0.632. The van der Waals surface area contributed by atoms with Crippen LogP contribution in [0.2, 0.25) is 0 Å². The summed E-state index contributed by atoms with van der Waals surface area (Å²) in [5, 5.41) is 2.63. The van der Waals surface area contributed by atoms with Crippen LogP contribution in [0.3, 0.4) is 0 Å². The second-order valence-corrected chi connectivity index (χ2v) is 7.16. The van der Waals surface area contributed by atoms with Gasteiger partial charge >= 0.3 is 17.6 Å². The average molecular weight is 440 g/mol. The number of unbranched alkanes of at least 4 members (excludes halogenated alkanes) is 1. The molecule has 2 heterocycles. The Bertz CT molecular complexity index is 909. The lowest BCUT2D eigenvalue weighted by Crippen LogP contribution is -2.36. The van der Waals surface area contributed by atoms with E-state index in [1.54, 1.807) is 0 Å². The summed E-state index contributed by atoms with van der Waals surface area (Å²) in [7, 11) is 0. The third-order valence-electron chi connectivity index (χ3n) is 4.63. The number of nitrogens with two attached hydrogens (primary N) is 1. The normalized spacial score (nSPS) is 20.3. The largest absolute Gasteiger partial charge is 0.463 e. The van der Waals surface area contributed by atoms with Crippen LogP contribution in [0.4, 0.5) is 0 Å². The van der Waals surface area contributed by atoms with E-state index < -0.39 is 41.6 Å². The lowest BCUT2D eigenvalue weighted by Gasteiger charge is -2.17. The summed E-state index contributed by atoms with van der Waals surface area (Å²) in [6.45, 7) is 2.72. The zero-order chi connectivity index (χ0) is 23.0. The van der Waals surface area contributed by atoms with E-state index in [4.69, 9.17) is 19.9 Å². The number of rotatable bonds is 10. The molecule has 1 fully saturated rings. The van der Waals surface area contributed by atoms with Crippen molar-refractivity contribution in [2.75, 3.05) is 13.2 Å². The molecular formula is C19H28N4O8. The summed E-state index contributed by atoms with van der Waals surface area (Å²) in [6, 6.07) is 0. The van der Waals surface area contributed by atoms with E-state index in [0.29, 0.717) is 13.0 Å². The highest BCUT2D eigenvalue weighted by Gasteiger charge is 2.39. The Morgan fingerprint density at radius 1 is 1.26 bits per heavy atom. The van der Waals surface area contributed by atoms with Crippen LogP contribution in [0.5, 0.6) is 0 Å². The van der Waals surface area contributed by atoms with E-state index >= 15 is 0 Å². The molecule has 1 aliphatic heterocycles. The van der Waals surface area contributed by atoms with Crippen LogP contribution in [0.1, 0.15) is 51.3 Å². The molecule has 12 nitrogen and oxygen atoms in total. The maximum absolute atomic E-state index is 12.3. The van der Waals surface area contributed by atoms with Crippen molar-refractivity contribution in [2.24, 2.45) is 5.73 Å². The molecule has 31 heavy (non-hydrogen) atoms. The predicted octanol–water partition coefficient (Wildman–Crippen LogP) is -0.936. The van der Waals surface area contributed by atoms with E-state index in [0.717, 1.165) is 11.0 Å². The molecule has 0 aliphatic carbocycles. The molecule has 3 atom stereocenters. The number of aromatic nitrogens is 2. The van der Waals surface area contributed by atoms with Gasteiger partial charge in [-0.3, -0.25) is 28.7 Å². The number of carbonyl (C=O) groups excluding carboxylic acids is 3. The number of carbonyl (C=O) groups is 3. The van der Waals surface area contributed by atoms with Crippen LogP contribution >= 0.6 is 0 Å². The zero-order valence-corrected chi connectivity index (χ0v) is 17.5. The molecule has 1 saturated heterocycles. The molecule has 1 amide bonds. The van der Waals surface area contributed by atoms with Crippen LogP contribution in [0.25, 0.3) is 0 Å². The first-order chi connectivity index (χ1) is 14.7. The molecule has 12 heteroatoms. The van der Waals surface area contributed by atoms with E-state index in [1.165, 1.54) is 20.0 Å². The molecule has 2 rings (SSSR count). The van der Waals surface area contributed by atoms with Gasteiger partial charge in [0.1, 0.15) is 25.0 Å². The van der Waals surface area contributed by atoms with Crippen LogP contribution in [-0.4, -0.2) is 52.8 Å². The molecule has 1 aliphatic rings. The lowest BCUT2D eigenvalue weighted by molar-refractivity contribution is -0.155. The lowest BCUT2D eigenvalue weighted by atomic mass is 10.2. The number of hydrogen-bond acceptors (Lipinski definition) is 9. The van der Waals surface area contributed by atoms with Gasteiger partial charge in [0.05, 0.1) is 5.56 Å². The fourth-order valence-electron chi connectivity index (χ4n) is 3.14. The van der Waals surface area contributed by atoms with Crippen molar-refractivity contribution in [3.8, 4) is 0 Å². The summed E-state index contributed by atoms with van der Waals surface area (Å²) < 4.78 is 17.1. The highest BCUT2D eigenvalue weighted by molar-refractivity contribution is 5.75. The topological polar surface area (TPSA) is 172 Å². The fourth-order valence-corrected chi connectivity index (χ4v) is 3.14. The van der Waals surface area contributed by atoms with Crippen molar-refractivity contribution in [3.63, 3.8) is 0 Å². The minimum absolute atomic E-state index is 0.0754. The van der Waals surface area contributed by atoms with Gasteiger partial charge in [-0.15, -0.1) is 0 Å². The van der Waals surface area contributed by atoms with Crippen LogP contribution in [-0.2, 0) is 35.1 Å². The van der Waals surface area contributed by atoms with E-state index in [2.05, 4.69) is 10.3 Å². The molecule has 3 unspecified atom stereocenters. The first kappa shape index (κ1) is 24.3. The van der Waals surface area contributed by atoms with Crippen molar-refractivity contribution < 1.29 is 28.6 Å². The smallest absolute Gasteiger partial charge is 0.330 e. The summed E-state index contributed by atoms with van der Waals surface area (Å²) in [5.41, 5.74) is 4.20. The first-order valence-corrected chi connectivity index (χ1v) is 9.98. The number of ether oxygens (including phenoxy) is 3. The molecule has 0 radical (unpaired) electrons. The van der Waals surface area contributed by atoms with Gasteiger partial charge in [-0.2, -0.15) is 0 Å². The highest BCUT2D eigenvalue weighted by Crippen LogP contribution is 2.30. The number of H-pyrrole nitrogens is 1. The number of nitrogens with zero attached hydrogens (tertiary/aromatic N) is 1. The summed E-state index contributed by atoms with van der Waals surface area (Å²) in [4.78, 5) is 61.0. The Balaban J connectivity index is 2.13. The second kappa shape index (κ2) is 11.4. The third kappa shape index (κ3) is 7.33. The van der Waals surface area contributed by atoms with Gasteiger partial charge < -0.3 is 25.3 Å². The maximum atomic E-state index is 12.3. The zero-order valence-electron chi connectivity index (χ0n) is 17.5. The molecule has 0 spiro atoms. The van der Waals surface area contributed by atoms with Gasteiger partial charge in [-0.1, -0.05) is 0 Å². The predicted molar refractivity (Wildman–Crippen MR) is 107 cm³/mol. The van der Waals surface area contributed by atoms with Gasteiger partial charge in [0.25, 0.3) is 5.56 Å². The number of esters is 2. The highest BCUT2D eigenvalue weighted by atomic mass is 16.6. The second-order valence-electron chi connectivity index (χ2n) is 7.16. The number of hydrogen-bond donors (Lipinski definition) is 3. The number of amides is 1. The van der Waals surface area contributed by atoms with Crippen molar-refractivity contribution in [1.29, 1.82) is 0 Å². The molecular weight excluding hydrogens is 412 g/mol. The minimum Gasteiger partial charge on any atom is -0.463 e. The van der Waals surface area contributed by atoms with Gasteiger partial charge in [-0.25, -0.2) is 4.79 Å². The Kier molecular flexibility index (Phi) is 8.94. The molecule has 4 N–H and O–H groups in total. The van der Waals surface area contributed by atoms with Crippen LogP contribution < -0.4 is 22.3 Å². The van der Waals surface area contributed by atoms with Crippen molar-refractivity contribution >= 4 is 17.8 Å². The standard InChI is InChI=1S/C19H28N4O8/c1-11(24)29-10-15-14(30-12(2)25)7-17(31-15)23-9-13(18(27)22-19(23)28)8-21-16(26)5-3-4-6-20/h9,14-15,17H,3-8,10,20H2,1-2H3,(H,21,26)(H,22,27,28). The van der Waals surface area contributed by atoms with Gasteiger partial charge in [-0.05, 0) is 19.4 Å². The summed E-state index contributed by atoms with van der Waals surface area (Å²) >= 11 is 0. The third-order valence-corrected chi connectivity index (χ3v) is 4.63. The van der Waals surface area contributed by atoms with Gasteiger partial charge in [0.2, 0.25) is 5.91 Å². The van der Waals surface area contributed by atoms with E-state index in [9.17, 15) is 24.0 Å². The quantitative estimate of drug-likeness (QED) is 0.307. The molecule has 1 aromatic rings. The van der Waals surface area contributed by atoms with Crippen molar-refractivity contribution in [2.45, 2.75) is 64.5 Å². The average Bonchev–Trinajstić information content (AvgIpc) is 3.07. The SMILES string of the molecule is CC(=O)OCC1OC(n2cc(CNC(=O)CCCCN)c(=O)[nH]c2=O)CC1OC(C)=O.